The summed E-state index contributed by atoms with van der Waals surface area (Å²) in [5.41, 5.74) is 0.672. The number of aromatic amines is 1. The lowest BCUT2D eigenvalue weighted by Gasteiger charge is -2.03. The second-order valence-corrected chi connectivity index (χ2v) is 2.64. The van der Waals surface area contributed by atoms with Gasteiger partial charge in [0.25, 0.3) is 0 Å². The van der Waals surface area contributed by atoms with Gasteiger partial charge in [-0.1, -0.05) is 0 Å². The van der Waals surface area contributed by atoms with Crippen molar-refractivity contribution >= 4 is 0 Å². The zero-order valence-corrected chi connectivity index (χ0v) is 7.39. The molecule has 7 heteroatoms. The predicted molar refractivity (Wildman–Crippen MR) is 46.2 cm³/mol. The highest BCUT2D eigenvalue weighted by molar-refractivity contribution is 5.54. The Labute approximate surface area is 83.1 Å². The third kappa shape index (κ3) is 2.25. The first-order valence-electron chi connectivity index (χ1n) is 4.04. The maximum absolute atomic E-state index is 11.8. The highest BCUT2D eigenvalue weighted by Crippen LogP contribution is 2.19. The maximum Gasteiger partial charge on any atom is 0.387 e. The molecule has 0 amide bonds. The van der Waals surface area contributed by atoms with Gasteiger partial charge in [-0.3, -0.25) is 0 Å². The van der Waals surface area contributed by atoms with E-state index in [-0.39, 0.29) is 5.75 Å². The average Bonchev–Trinajstić information content (AvgIpc) is 2.71. The van der Waals surface area contributed by atoms with Gasteiger partial charge in [-0.15, -0.1) is 10.2 Å². The Balaban J connectivity index is 2.17. The minimum Gasteiger partial charge on any atom is -0.435 e. The summed E-state index contributed by atoms with van der Waals surface area (Å²) in [6.45, 7) is -2.82. The van der Waals surface area contributed by atoms with E-state index < -0.39 is 6.61 Å². The van der Waals surface area contributed by atoms with Crippen LogP contribution in [0.4, 0.5) is 8.78 Å². The number of tetrazole rings is 1. The number of halogens is 2. The molecule has 0 bridgehead atoms. The fourth-order valence-corrected chi connectivity index (χ4v) is 1.07. The molecular formula is C8H6F2N4O. The zero-order chi connectivity index (χ0) is 10.7. The smallest absolute Gasteiger partial charge is 0.387 e. The van der Waals surface area contributed by atoms with Crippen LogP contribution in [0.15, 0.2) is 24.3 Å². The fourth-order valence-electron chi connectivity index (χ4n) is 1.07. The molecule has 2 aromatic rings. The standard InChI is InChI=1S/C8H6F2N4O/c9-8(10)15-6-3-1-5(2-4-6)7-11-13-14-12-7/h1-4,8H,(H,11,12,13,14). The van der Waals surface area contributed by atoms with Gasteiger partial charge in [0.15, 0.2) is 0 Å². The van der Waals surface area contributed by atoms with E-state index >= 15 is 0 Å². The molecule has 1 N–H and O–H groups in total. The van der Waals surface area contributed by atoms with Crippen LogP contribution in [-0.4, -0.2) is 27.2 Å². The number of benzene rings is 1. The molecule has 15 heavy (non-hydrogen) atoms. The fraction of sp³-hybridized carbons (Fsp3) is 0.125. The van der Waals surface area contributed by atoms with Crippen LogP contribution in [0, 0.1) is 0 Å². The predicted octanol–water partition coefficient (Wildman–Crippen LogP) is 1.47. The molecule has 0 spiro atoms. The summed E-state index contributed by atoms with van der Waals surface area (Å²) in [5, 5.41) is 13.2. The van der Waals surface area contributed by atoms with Gasteiger partial charge >= 0.3 is 6.61 Å². The second-order valence-electron chi connectivity index (χ2n) is 2.64. The summed E-state index contributed by atoms with van der Waals surface area (Å²) in [4.78, 5) is 0. The van der Waals surface area contributed by atoms with E-state index in [0.717, 1.165) is 0 Å². The number of nitrogens with zero attached hydrogens (tertiary/aromatic N) is 3. The molecule has 0 radical (unpaired) electrons. The Morgan fingerprint density at radius 1 is 1.20 bits per heavy atom. The lowest BCUT2D eigenvalue weighted by molar-refractivity contribution is -0.0498. The van der Waals surface area contributed by atoms with E-state index in [2.05, 4.69) is 25.4 Å². The molecule has 1 aromatic heterocycles. The third-order valence-electron chi connectivity index (χ3n) is 1.68. The minimum absolute atomic E-state index is 0.0947. The Morgan fingerprint density at radius 2 is 1.93 bits per heavy atom. The van der Waals surface area contributed by atoms with E-state index in [1.807, 2.05) is 0 Å². The first-order valence-corrected chi connectivity index (χ1v) is 4.04. The van der Waals surface area contributed by atoms with E-state index in [4.69, 9.17) is 0 Å². The Kier molecular flexibility index (Phi) is 2.53. The number of alkyl halides is 2. The minimum atomic E-state index is -2.82. The first-order chi connectivity index (χ1) is 7.25. The molecular weight excluding hydrogens is 206 g/mol. The van der Waals surface area contributed by atoms with Crippen molar-refractivity contribution in [1.29, 1.82) is 0 Å². The van der Waals surface area contributed by atoms with Crippen LogP contribution in [0.25, 0.3) is 11.4 Å². The monoisotopic (exact) mass is 212 g/mol. The number of hydrogen-bond acceptors (Lipinski definition) is 4. The number of rotatable bonds is 3. The molecule has 0 saturated carbocycles. The van der Waals surface area contributed by atoms with E-state index in [1.54, 1.807) is 12.1 Å². The molecule has 0 unspecified atom stereocenters. The van der Waals surface area contributed by atoms with Gasteiger partial charge in [0.2, 0.25) is 5.82 Å². The van der Waals surface area contributed by atoms with Crippen molar-refractivity contribution in [3.63, 3.8) is 0 Å². The molecule has 1 heterocycles. The summed E-state index contributed by atoms with van der Waals surface area (Å²) >= 11 is 0. The quantitative estimate of drug-likeness (QED) is 0.836. The highest BCUT2D eigenvalue weighted by Gasteiger charge is 2.05. The maximum atomic E-state index is 11.8. The molecule has 0 fully saturated rings. The molecule has 0 aliphatic carbocycles. The normalized spacial score (nSPS) is 10.6. The van der Waals surface area contributed by atoms with Gasteiger partial charge in [0.05, 0.1) is 0 Å². The van der Waals surface area contributed by atoms with Gasteiger partial charge < -0.3 is 4.74 Å². The number of hydrogen-bond donors (Lipinski definition) is 1. The van der Waals surface area contributed by atoms with Gasteiger partial charge in [0, 0.05) is 5.56 Å². The van der Waals surface area contributed by atoms with E-state index in [1.165, 1.54) is 12.1 Å². The van der Waals surface area contributed by atoms with Crippen LogP contribution in [0.1, 0.15) is 0 Å². The van der Waals surface area contributed by atoms with Gasteiger partial charge in [-0.2, -0.15) is 14.0 Å². The summed E-state index contributed by atoms with van der Waals surface area (Å²) < 4.78 is 27.9. The molecule has 2 rings (SSSR count). The SMILES string of the molecule is FC(F)Oc1ccc(-c2nn[nH]n2)cc1. The first kappa shape index (κ1) is 9.50. The van der Waals surface area contributed by atoms with Crippen molar-refractivity contribution in [1.82, 2.24) is 20.6 Å². The van der Waals surface area contributed by atoms with E-state index in [0.29, 0.717) is 11.4 Å². The average molecular weight is 212 g/mol. The number of H-pyrrole nitrogens is 1. The topological polar surface area (TPSA) is 63.7 Å². The van der Waals surface area contributed by atoms with Crippen LogP contribution in [0.2, 0.25) is 0 Å². The third-order valence-corrected chi connectivity index (χ3v) is 1.68. The van der Waals surface area contributed by atoms with Gasteiger partial charge in [-0.25, -0.2) is 0 Å². The van der Waals surface area contributed by atoms with Gasteiger partial charge in [-0.05, 0) is 29.5 Å². The van der Waals surface area contributed by atoms with Crippen molar-refractivity contribution in [2.24, 2.45) is 0 Å². The largest absolute Gasteiger partial charge is 0.435 e. The van der Waals surface area contributed by atoms with Crippen LogP contribution in [-0.2, 0) is 0 Å². The summed E-state index contributed by atoms with van der Waals surface area (Å²) in [6, 6.07) is 5.97. The van der Waals surface area contributed by atoms with Crippen LogP contribution in [0.3, 0.4) is 0 Å². The van der Waals surface area contributed by atoms with Crippen molar-refractivity contribution < 1.29 is 13.5 Å². The Hall–Kier alpha value is -2.05. The highest BCUT2D eigenvalue weighted by atomic mass is 19.3. The molecule has 0 atom stereocenters. The lowest BCUT2D eigenvalue weighted by Crippen LogP contribution is -2.01. The number of nitrogens with one attached hydrogen (secondary N) is 1. The van der Waals surface area contributed by atoms with E-state index in [9.17, 15) is 8.78 Å². The molecule has 1 aromatic carbocycles. The molecule has 0 saturated heterocycles. The van der Waals surface area contributed by atoms with Gasteiger partial charge in [0.1, 0.15) is 5.75 Å². The number of aromatic nitrogens is 4. The lowest BCUT2D eigenvalue weighted by atomic mass is 10.2. The second kappa shape index (κ2) is 3.99. The zero-order valence-electron chi connectivity index (χ0n) is 7.39. The molecule has 78 valence electrons. The van der Waals surface area contributed by atoms with Crippen molar-refractivity contribution in [2.75, 3.05) is 0 Å². The molecule has 5 nitrogen and oxygen atoms in total. The Bertz CT molecular complexity index is 415. The van der Waals surface area contributed by atoms with Crippen molar-refractivity contribution in [3.8, 4) is 17.1 Å². The Morgan fingerprint density at radius 3 is 2.47 bits per heavy atom. The summed E-state index contributed by atoms with van der Waals surface area (Å²) in [6.07, 6.45) is 0. The van der Waals surface area contributed by atoms with Crippen molar-refractivity contribution in [3.05, 3.63) is 24.3 Å². The van der Waals surface area contributed by atoms with Crippen LogP contribution >= 0.6 is 0 Å². The molecule has 0 aliphatic heterocycles. The van der Waals surface area contributed by atoms with Crippen LogP contribution < -0.4 is 4.74 Å². The summed E-state index contributed by atoms with van der Waals surface area (Å²) in [5.74, 6) is 0.496. The van der Waals surface area contributed by atoms with Crippen molar-refractivity contribution in [2.45, 2.75) is 6.61 Å². The molecule has 0 aliphatic rings. The summed E-state index contributed by atoms with van der Waals surface area (Å²) in [7, 11) is 0. The van der Waals surface area contributed by atoms with Crippen LogP contribution in [0.5, 0.6) is 5.75 Å². The number of ether oxygens (including phenoxy) is 1.